The molecule has 3 aromatic rings. The summed E-state index contributed by atoms with van der Waals surface area (Å²) in [5.74, 6) is -0.317. The SMILES string of the molecule is C[C@@H](c1ccc(-n2cncn2)cc1)N(C)C(=O)c1ccc([N+](=O)[O-])cc1Cl. The van der Waals surface area contributed by atoms with Gasteiger partial charge in [0.1, 0.15) is 12.7 Å². The molecule has 0 unspecified atom stereocenters. The average molecular weight is 386 g/mol. The largest absolute Gasteiger partial charge is 0.335 e. The summed E-state index contributed by atoms with van der Waals surface area (Å²) in [7, 11) is 1.66. The molecule has 0 saturated heterocycles. The number of nitro groups is 1. The monoisotopic (exact) mass is 385 g/mol. The first-order chi connectivity index (χ1) is 12.9. The molecule has 1 aromatic heterocycles. The standard InChI is InChI=1S/C18H16ClN5O3/c1-12(13-3-5-14(6-4-13)23-11-20-10-21-23)22(2)18(25)16-8-7-15(24(26)27)9-17(16)19/h3-12H,1-2H3/t12-/m0/s1. The van der Waals surface area contributed by atoms with E-state index in [9.17, 15) is 14.9 Å². The van der Waals surface area contributed by atoms with Gasteiger partial charge in [-0.25, -0.2) is 9.67 Å². The van der Waals surface area contributed by atoms with E-state index in [1.165, 1.54) is 29.4 Å². The normalized spacial score (nSPS) is 11.8. The quantitative estimate of drug-likeness (QED) is 0.493. The maximum absolute atomic E-state index is 12.8. The van der Waals surface area contributed by atoms with Crippen LogP contribution in [0.2, 0.25) is 5.02 Å². The zero-order valence-corrected chi connectivity index (χ0v) is 15.4. The van der Waals surface area contributed by atoms with E-state index in [1.54, 1.807) is 18.1 Å². The van der Waals surface area contributed by atoms with Crippen LogP contribution in [-0.4, -0.2) is 37.5 Å². The fraction of sp³-hybridized carbons (Fsp3) is 0.167. The summed E-state index contributed by atoms with van der Waals surface area (Å²) in [6.07, 6.45) is 3.06. The van der Waals surface area contributed by atoms with E-state index in [0.29, 0.717) is 0 Å². The van der Waals surface area contributed by atoms with Crippen LogP contribution < -0.4 is 0 Å². The Hall–Kier alpha value is -3.26. The summed E-state index contributed by atoms with van der Waals surface area (Å²) < 4.78 is 1.64. The minimum atomic E-state index is -0.552. The number of amides is 1. The van der Waals surface area contributed by atoms with Crippen LogP contribution in [0.3, 0.4) is 0 Å². The van der Waals surface area contributed by atoms with Gasteiger partial charge in [0.25, 0.3) is 11.6 Å². The van der Waals surface area contributed by atoms with Crippen LogP contribution in [-0.2, 0) is 0 Å². The summed E-state index contributed by atoms with van der Waals surface area (Å²) in [4.78, 5) is 28.5. The lowest BCUT2D eigenvalue weighted by Crippen LogP contribution is -2.29. The van der Waals surface area contributed by atoms with Gasteiger partial charge in [0, 0.05) is 19.2 Å². The molecule has 0 N–H and O–H groups in total. The van der Waals surface area contributed by atoms with Crippen molar-refractivity contribution >= 4 is 23.2 Å². The Morgan fingerprint density at radius 3 is 2.52 bits per heavy atom. The van der Waals surface area contributed by atoms with E-state index in [1.807, 2.05) is 31.2 Å². The minimum absolute atomic E-state index is 0.0507. The molecule has 1 heterocycles. The lowest BCUT2D eigenvalue weighted by Gasteiger charge is -2.26. The second kappa shape index (κ2) is 7.55. The highest BCUT2D eigenvalue weighted by molar-refractivity contribution is 6.34. The van der Waals surface area contributed by atoms with Crippen molar-refractivity contribution in [1.82, 2.24) is 19.7 Å². The number of hydrogen-bond donors (Lipinski definition) is 0. The van der Waals surface area contributed by atoms with Crippen LogP contribution in [0.15, 0.2) is 55.1 Å². The van der Waals surface area contributed by atoms with Gasteiger partial charge in [-0.15, -0.1) is 0 Å². The van der Waals surface area contributed by atoms with Gasteiger partial charge in [0.05, 0.1) is 27.2 Å². The van der Waals surface area contributed by atoms with Crippen molar-refractivity contribution in [1.29, 1.82) is 0 Å². The Morgan fingerprint density at radius 2 is 1.96 bits per heavy atom. The molecule has 1 atom stereocenters. The van der Waals surface area contributed by atoms with Crippen molar-refractivity contribution in [2.24, 2.45) is 0 Å². The molecule has 0 aliphatic heterocycles. The van der Waals surface area contributed by atoms with Crippen molar-refractivity contribution in [3.8, 4) is 5.69 Å². The van der Waals surface area contributed by atoms with Gasteiger partial charge in [-0.2, -0.15) is 5.10 Å². The molecule has 0 aliphatic rings. The van der Waals surface area contributed by atoms with Gasteiger partial charge < -0.3 is 4.90 Å². The zero-order chi connectivity index (χ0) is 19.6. The summed E-state index contributed by atoms with van der Waals surface area (Å²) in [5, 5.41) is 14.9. The van der Waals surface area contributed by atoms with Gasteiger partial charge in [-0.1, -0.05) is 23.7 Å². The molecule has 2 aromatic carbocycles. The Morgan fingerprint density at radius 1 is 1.26 bits per heavy atom. The molecule has 0 radical (unpaired) electrons. The molecule has 0 fully saturated rings. The molecule has 1 amide bonds. The van der Waals surface area contributed by atoms with E-state index in [-0.39, 0.29) is 28.2 Å². The molecular weight excluding hydrogens is 370 g/mol. The summed E-state index contributed by atoms with van der Waals surface area (Å²) in [5.41, 5.74) is 1.84. The van der Waals surface area contributed by atoms with Gasteiger partial charge >= 0.3 is 0 Å². The Labute approximate surface area is 160 Å². The average Bonchev–Trinajstić information content (AvgIpc) is 3.21. The van der Waals surface area contributed by atoms with Gasteiger partial charge in [0.2, 0.25) is 0 Å². The van der Waals surface area contributed by atoms with Crippen LogP contribution in [0.5, 0.6) is 0 Å². The summed E-state index contributed by atoms with van der Waals surface area (Å²) in [6, 6.07) is 11.2. The zero-order valence-electron chi connectivity index (χ0n) is 14.6. The number of benzene rings is 2. The molecular formula is C18H16ClN5O3. The van der Waals surface area contributed by atoms with Crippen molar-refractivity contribution in [2.75, 3.05) is 7.05 Å². The van der Waals surface area contributed by atoms with E-state index >= 15 is 0 Å². The summed E-state index contributed by atoms with van der Waals surface area (Å²) >= 11 is 6.07. The molecule has 27 heavy (non-hydrogen) atoms. The molecule has 8 nitrogen and oxygen atoms in total. The van der Waals surface area contributed by atoms with Gasteiger partial charge in [0.15, 0.2) is 0 Å². The third kappa shape index (κ3) is 3.80. The second-order valence-electron chi connectivity index (χ2n) is 5.94. The molecule has 0 bridgehead atoms. The van der Waals surface area contributed by atoms with E-state index in [4.69, 9.17) is 11.6 Å². The predicted molar refractivity (Wildman–Crippen MR) is 100.0 cm³/mol. The van der Waals surface area contributed by atoms with E-state index in [2.05, 4.69) is 10.1 Å². The van der Waals surface area contributed by atoms with Gasteiger partial charge in [-0.3, -0.25) is 14.9 Å². The summed E-state index contributed by atoms with van der Waals surface area (Å²) in [6.45, 7) is 1.89. The number of non-ortho nitro benzene ring substituents is 1. The molecule has 138 valence electrons. The number of nitro benzene ring substituents is 1. The van der Waals surface area contributed by atoms with Crippen LogP contribution in [0.1, 0.15) is 28.9 Å². The molecule has 0 aliphatic carbocycles. The highest BCUT2D eigenvalue weighted by atomic mass is 35.5. The number of nitrogens with zero attached hydrogens (tertiary/aromatic N) is 5. The van der Waals surface area contributed by atoms with E-state index in [0.717, 1.165) is 11.3 Å². The van der Waals surface area contributed by atoms with Crippen LogP contribution in [0.4, 0.5) is 5.69 Å². The third-order valence-electron chi connectivity index (χ3n) is 4.35. The first kappa shape index (κ1) is 18.5. The minimum Gasteiger partial charge on any atom is -0.335 e. The molecule has 0 saturated carbocycles. The fourth-order valence-electron chi connectivity index (χ4n) is 2.63. The lowest BCUT2D eigenvalue weighted by atomic mass is 10.1. The lowest BCUT2D eigenvalue weighted by molar-refractivity contribution is -0.384. The number of aromatic nitrogens is 3. The van der Waals surface area contributed by atoms with Crippen LogP contribution >= 0.6 is 11.6 Å². The first-order valence-corrected chi connectivity index (χ1v) is 8.42. The highest BCUT2D eigenvalue weighted by Gasteiger charge is 2.22. The number of rotatable bonds is 5. The highest BCUT2D eigenvalue weighted by Crippen LogP contribution is 2.27. The third-order valence-corrected chi connectivity index (χ3v) is 4.67. The smallest absolute Gasteiger partial charge is 0.270 e. The maximum Gasteiger partial charge on any atom is 0.270 e. The van der Waals surface area contributed by atoms with Crippen LogP contribution in [0.25, 0.3) is 5.69 Å². The number of halogens is 1. The number of hydrogen-bond acceptors (Lipinski definition) is 5. The van der Waals surface area contributed by atoms with Crippen molar-refractivity contribution in [3.05, 3.63) is 81.4 Å². The number of carbonyl (C=O) groups is 1. The van der Waals surface area contributed by atoms with Crippen molar-refractivity contribution in [3.63, 3.8) is 0 Å². The Balaban J connectivity index is 1.79. The molecule has 9 heteroatoms. The fourth-order valence-corrected chi connectivity index (χ4v) is 2.88. The van der Waals surface area contributed by atoms with E-state index < -0.39 is 4.92 Å². The predicted octanol–water partition coefficient (Wildman–Crippen LogP) is 3.66. The van der Waals surface area contributed by atoms with Gasteiger partial charge in [-0.05, 0) is 30.7 Å². The number of carbonyl (C=O) groups excluding carboxylic acids is 1. The van der Waals surface area contributed by atoms with Crippen molar-refractivity contribution in [2.45, 2.75) is 13.0 Å². The maximum atomic E-state index is 12.8. The molecule has 0 spiro atoms. The Bertz CT molecular complexity index is 973. The first-order valence-electron chi connectivity index (χ1n) is 8.04. The second-order valence-corrected chi connectivity index (χ2v) is 6.35. The molecule has 3 rings (SSSR count). The Kier molecular flexibility index (Phi) is 5.18. The van der Waals surface area contributed by atoms with Crippen LogP contribution in [0, 0.1) is 10.1 Å². The van der Waals surface area contributed by atoms with Crippen molar-refractivity contribution < 1.29 is 9.72 Å². The topological polar surface area (TPSA) is 94.2 Å².